The normalized spacial score (nSPS) is 16.6. The van der Waals surface area contributed by atoms with Crippen molar-refractivity contribution in [2.45, 2.75) is 26.1 Å². The van der Waals surface area contributed by atoms with Crippen molar-refractivity contribution in [2.24, 2.45) is 0 Å². The molecule has 2 heterocycles. The molecule has 7 heteroatoms. The van der Waals surface area contributed by atoms with Crippen LogP contribution in [0.25, 0.3) is 11.0 Å². The average molecular weight is 334 g/mol. The maximum Gasteiger partial charge on any atom is 0.338 e. The van der Waals surface area contributed by atoms with Crippen LogP contribution in [0.5, 0.6) is 11.5 Å². The molecule has 1 aromatic heterocycles. The molecule has 0 amide bonds. The Morgan fingerprint density at radius 3 is 2.62 bits per heavy atom. The van der Waals surface area contributed by atoms with Gasteiger partial charge in [0, 0.05) is 6.42 Å². The van der Waals surface area contributed by atoms with Gasteiger partial charge in [0.05, 0.1) is 50.6 Å². The molecule has 1 aromatic carbocycles. The van der Waals surface area contributed by atoms with Crippen LogP contribution in [-0.4, -0.2) is 33.4 Å². The van der Waals surface area contributed by atoms with E-state index in [4.69, 9.17) is 23.4 Å². The number of carbonyl (C=O) groups is 1. The minimum absolute atomic E-state index is 0.0604. The molecule has 0 saturated carbocycles. The number of rotatable bonds is 3. The Morgan fingerprint density at radius 1 is 1.25 bits per heavy atom. The molecule has 0 aliphatic carbocycles. The Bertz CT molecular complexity index is 866. The van der Waals surface area contributed by atoms with E-state index in [2.05, 4.69) is 0 Å². The quantitative estimate of drug-likeness (QED) is 0.794. The maximum atomic E-state index is 12.9. The average Bonchev–Trinajstić information content (AvgIpc) is 2.59. The monoisotopic (exact) mass is 334 g/mol. The summed E-state index contributed by atoms with van der Waals surface area (Å²) >= 11 is 0. The number of hydrogen-bond donors (Lipinski definition) is 0. The first-order chi connectivity index (χ1) is 11.5. The molecule has 128 valence electrons. The van der Waals surface area contributed by atoms with Crippen molar-refractivity contribution < 1.29 is 28.2 Å². The van der Waals surface area contributed by atoms with E-state index in [0.29, 0.717) is 17.7 Å². The van der Waals surface area contributed by atoms with Crippen molar-refractivity contribution in [2.75, 3.05) is 21.3 Å². The zero-order valence-corrected chi connectivity index (χ0v) is 13.9. The fourth-order valence-corrected chi connectivity index (χ4v) is 2.87. The van der Waals surface area contributed by atoms with Crippen LogP contribution in [-0.2, 0) is 22.5 Å². The van der Waals surface area contributed by atoms with Crippen molar-refractivity contribution in [3.8, 4) is 11.5 Å². The Morgan fingerprint density at radius 2 is 2.00 bits per heavy atom. The fourth-order valence-electron chi connectivity index (χ4n) is 2.87. The van der Waals surface area contributed by atoms with E-state index in [0.717, 1.165) is 0 Å². The molecule has 1 aliphatic heterocycles. The molecular formula is C17H18O7. The summed E-state index contributed by atoms with van der Waals surface area (Å²) in [5.41, 5.74) is 0.341. The molecule has 3 rings (SSSR count). The molecule has 0 radical (unpaired) electrons. The Hall–Kier alpha value is -2.54. The molecule has 1 unspecified atom stereocenters. The van der Waals surface area contributed by atoms with Crippen LogP contribution in [0.2, 0.25) is 0 Å². The van der Waals surface area contributed by atoms with Crippen LogP contribution in [0.1, 0.15) is 28.6 Å². The smallest absolute Gasteiger partial charge is 0.338 e. The van der Waals surface area contributed by atoms with Gasteiger partial charge in [0.25, 0.3) is 0 Å². The van der Waals surface area contributed by atoms with E-state index >= 15 is 0 Å². The molecule has 0 fully saturated rings. The summed E-state index contributed by atoms with van der Waals surface area (Å²) in [7, 11) is 4.13. The zero-order valence-electron chi connectivity index (χ0n) is 13.9. The number of carbonyl (C=O) groups excluding carboxylic acids is 1. The van der Waals surface area contributed by atoms with E-state index in [9.17, 15) is 9.59 Å². The summed E-state index contributed by atoms with van der Waals surface area (Å²) in [6.07, 6.45) is 0.406. The van der Waals surface area contributed by atoms with Crippen LogP contribution in [0.4, 0.5) is 0 Å². The summed E-state index contributed by atoms with van der Waals surface area (Å²) < 4.78 is 26.9. The third-order valence-electron chi connectivity index (χ3n) is 4.08. The Balaban J connectivity index is 2.45. The highest BCUT2D eigenvalue weighted by molar-refractivity contribution is 6.05. The van der Waals surface area contributed by atoms with Crippen molar-refractivity contribution in [3.05, 3.63) is 33.2 Å². The molecular weight excluding hydrogens is 316 g/mol. The molecule has 7 nitrogen and oxygen atoms in total. The van der Waals surface area contributed by atoms with Gasteiger partial charge in [-0.25, -0.2) is 4.79 Å². The van der Waals surface area contributed by atoms with Crippen LogP contribution in [0.3, 0.4) is 0 Å². The lowest BCUT2D eigenvalue weighted by Crippen LogP contribution is -2.26. The second-order valence-corrected chi connectivity index (χ2v) is 5.51. The van der Waals surface area contributed by atoms with Gasteiger partial charge < -0.3 is 23.4 Å². The molecule has 0 spiro atoms. The van der Waals surface area contributed by atoms with E-state index < -0.39 is 5.97 Å². The standard InChI is InChI=1S/C17H18O7/c1-8-5-11-10(7-23-8)14(18)13-9(17(19)22-4)6-12(20-2)15(21-3)16(13)24-11/h6,8H,5,7H2,1-4H3. The fraction of sp³-hybridized carbons (Fsp3) is 0.412. The minimum atomic E-state index is -0.654. The molecule has 0 saturated heterocycles. The first kappa shape index (κ1) is 16.3. The van der Waals surface area contributed by atoms with Gasteiger partial charge >= 0.3 is 5.97 Å². The first-order valence-corrected chi connectivity index (χ1v) is 7.45. The van der Waals surface area contributed by atoms with Gasteiger partial charge in [0.1, 0.15) is 5.76 Å². The van der Waals surface area contributed by atoms with Crippen LogP contribution < -0.4 is 14.9 Å². The minimum Gasteiger partial charge on any atom is -0.493 e. The van der Waals surface area contributed by atoms with E-state index in [-0.39, 0.29) is 46.2 Å². The molecule has 1 atom stereocenters. The first-order valence-electron chi connectivity index (χ1n) is 7.45. The van der Waals surface area contributed by atoms with E-state index in [1.54, 1.807) is 0 Å². The number of ether oxygens (including phenoxy) is 4. The third kappa shape index (κ3) is 2.41. The van der Waals surface area contributed by atoms with Gasteiger partial charge in [-0.3, -0.25) is 4.79 Å². The number of hydrogen-bond acceptors (Lipinski definition) is 7. The number of esters is 1. The SMILES string of the molecule is COC(=O)c1cc(OC)c(OC)c2oc3c(c(=O)c12)COC(C)C3. The largest absolute Gasteiger partial charge is 0.493 e. The van der Waals surface area contributed by atoms with Gasteiger partial charge in [-0.1, -0.05) is 0 Å². The number of methoxy groups -OCH3 is 3. The van der Waals surface area contributed by atoms with Gasteiger partial charge in [-0.15, -0.1) is 0 Å². The van der Waals surface area contributed by atoms with Crippen LogP contribution in [0, 0.1) is 0 Å². The number of benzene rings is 1. The molecule has 1 aliphatic rings. The predicted molar refractivity (Wildman–Crippen MR) is 84.9 cm³/mol. The molecule has 2 aromatic rings. The second kappa shape index (κ2) is 6.16. The van der Waals surface area contributed by atoms with Gasteiger partial charge in [0.2, 0.25) is 5.75 Å². The lowest BCUT2D eigenvalue weighted by Gasteiger charge is -2.22. The topological polar surface area (TPSA) is 84.2 Å². The highest BCUT2D eigenvalue weighted by Crippen LogP contribution is 2.38. The third-order valence-corrected chi connectivity index (χ3v) is 4.08. The van der Waals surface area contributed by atoms with E-state index in [1.165, 1.54) is 27.4 Å². The van der Waals surface area contributed by atoms with Crippen molar-refractivity contribution >= 4 is 16.9 Å². The second-order valence-electron chi connectivity index (χ2n) is 5.51. The molecule has 24 heavy (non-hydrogen) atoms. The van der Waals surface area contributed by atoms with Gasteiger partial charge in [-0.05, 0) is 13.0 Å². The summed E-state index contributed by atoms with van der Waals surface area (Å²) in [6.45, 7) is 2.04. The Labute approximate surface area is 138 Å². The van der Waals surface area contributed by atoms with Gasteiger partial charge in [0.15, 0.2) is 16.8 Å². The Kier molecular flexibility index (Phi) is 4.19. The molecule has 0 N–H and O–H groups in total. The van der Waals surface area contributed by atoms with Crippen molar-refractivity contribution in [1.82, 2.24) is 0 Å². The molecule has 0 bridgehead atoms. The van der Waals surface area contributed by atoms with Crippen LogP contribution >= 0.6 is 0 Å². The lowest BCUT2D eigenvalue weighted by molar-refractivity contribution is 0.0333. The predicted octanol–water partition coefficient (Wildman–Crippen LogP) is 2.06. The maximum absolute atomic E-state index is 12.9. The summed E-state index contributed by atoms with van der Waals surface area (Å²) in [5, 5.41) is 0.108. The summed E-state index contributed by atoms with van der Waals surface area (Å²) in [6, 6.07) is 1.42. The van der Waals surface area contributed by atoms with Crippen molar-refractivity contribution in [1.29, 1.82) is 0 Å². The highest BCUT2D eigenvalue weighted by Gasteiger charge is 2.28. The van der Waals surface area contributed by atoms with Crippen LogP contribution in [0.15, 0.2) is 15.3 Å². The zero-order chi connectivity index (χ0) is 17.4. The summed E-state index contributed by atoms with van der Waals surface area (Å²) in [4.78, 5) is 25.1. The van der Waals surface area contributed by atoms with Crippen molar-refractivity contribution in [3.63, 3.8) is 0 Å². The van der Waals surface area contributed by atoms with Gasteiger partial charge in [-0.2, -0.15) is 0 Å². The summed E-state index contributed by atoms with van der Waals surface area (Å²) in [5.74, 6) is 0.430. The van der Waals surface area contributed by atoms with E-state index in [1.807, 2.05) is 6.92 Å². The highest BCUT2D eigenvalue weighted by atomic mass is 16.5. The number of fused-ring (bicyclic) bond motifs is 2. The lowest BCUT2D eigenvalue weighted by atomic mass is 10.0.